The molecular formula is C8H4ClN2O. The number of nitrogens with zero attached hydrogens (tertiary/aromatic N) is 2. The third-order valence-electron chi connectivity index (χ3n) is 1.44. The zero-order valence-electron chi connectivity index (χ0n) is 5.99. The van der Waals surface area contributed by atoms with Gasteiger partial charge in [0, 0.05) is 5.56 Å². The highest BCUT2D eigenvalue weighted by Crippen LogP contribution is 2.23. The number of benzene rings is 1. The molecule has 0 N–H and O–H groups in total. The van der Waals surface area contributed by atoms with Gasteiger partial charge in [0.1, 0.15) is 0 Å². The largest absolute Gasteiger partial charge is 0.328 e. The van der Waals surface area contributed by atoms with E-state index in [2.05, 4.69) is 21.1 Å². The third kappa shape index (κ3) is 1.19. The molecular weight excluding hydrogens is 176 g/mol. The van der Waals surface area contributed by atoms with Crippen molar-refractivity contribution in [2.24, 2.45) is 0 Å². The van der Waals surface area contributed by atoms with Crippen LogP contribution in [0, 0.1) is 6.39 Å². The molecule has 2 rings (SSSR count). The number of hydrogen-bond donors (Lipinski definition) is 0. The fraction of sp³-hybridized carbons (Fsp3) is 0. The quantitative estimate of drug-likeness (QED) is 0.674. The van der Waals surface area contributed by atoms with E-state index in [-0.39, 0.29) is 0 Å². The Balaban J connectivity index is 2.55. The highest BCUT2D eigenvalue weighted by atomic mass is 35.5. The summed E-state index contributed by atoms with van der Waals surface area (Å²) in [7, 11) is 0. The second kappa shape index (κ2) is 2.95. The minimum Gasteiger partial charge on any atom is -0.328 e. The summed E-state index contributed by atoms with van der Waals surface area (Å²) in [5.41, 5.74) is 0.754. The van der Waals surface area contributed by atoms with Gasteiger partial charge >= 0.3 is 6.39 Å². The van der Waals surface area contributed by atoms with Crippen molar-refractivity contribution in [2.75, 3.05) is 0 Å². The maximum absolute atomic E-state index is 5.88. The molecule has 1 heterocycles. The lowest BCUT2D eigenvalue weighted by Crippen LogP contribution is -1.80. The smallest absolute Gasteiger partial charge is 0.316 e. The zero-order chi connectivity index (χ0) is 8.39. The fourth-order valence-electron chi connectivity index (χ4n) is 0.900. The highest BCUT2D eigenvalue weighted by molar-refractivity contribution is 6.33. The Morgan fingerprint density at radius 1 is 1.33 bits per heavy atom. The predicted molar refractivity (Wildman–Crippen MR) is 43.6 cm³/mol. The van der Waals surface area contributed by atoms with E-state index in [9.17, 15) is 0 Å². The fourth-order valence-corrected chi connectivity index (χ4v) is 1.12. The van der Waals surface area contributed by atoms with Crippen LogP contribution in [0.5, 0.6) is 0 Å². The number of rotatable bonds is 1. The van der Waals surface area contributed by atoms with Crippen molar-refractivity contribution in [3.63, 3.8) is 0 Å². The van der Waals surface area contributed by atoms with Crippen LogP contribution in [0.15, 0.2) is 28.8 Å². The maximum atomic E-state index is 5.88. The zero-order valence-corrected chi connectivity index (χ0v) is 6.75. The van der Waals surface area contributed by atoms with Gasteiger partial charge in [0.25, 0.3) is 0 Å². The molecule has 0 unspecified atom stereocenters. The van der Waals surface area contributed by atoms with Gasteiger partial charge < -0.3 is 4.52 Å². The van der Waals surface area contributed by atoms with Gasteiger partial charge in [-0.3, -0.25) is 0 Å². The van der Waals surface area contributed by atoms with Crippen LogP contribution >= 0.6 is 11.6 Å². The molecule has 0 aliphatic carbocycles. The van der Waals surface area contributed by atoms with Crippen molar-refractivity contribution in [1.29, 1.82) is 0 Å². The topological polar surface area (TPSA) is 38.9 Å². The summed E-state index contributed by atoms with van der Waals surface area (Å²) in [6.45, 7) is 0. The SMILES string of the molecule is Clc1ccccc1-c1n[c]on1. The summed E-state index contributed by atoms with van der Waals surface area (Å²) in [6.07, 6.45) is 2.26. The summed E-state index contributed by atoms with van der Waals surface area (Å²) in [4.78, 5) is 3.76. The van der Waals surface area contributed by atoms with Gasteiger partial charge in [-0.1, -0.05) is 28.9 Å². The van der Waals surface area contributed by atoms with Crippen LogP contribution < -0.4 is 0 Å². The van der Waals surface area contributed by atoms with Gasteiger partial charge in [0.2, 0.25) is 5.82 Å². The van der Waals surface area contributed by atoms with Crippen molar-refractivity contribution in [2.45, 2.75) is 0 Å². The molecule has 12 heavy (non-hydrogen) atoms. The van der Waals surface area contributed by atoms with Crippen LogP contribution in [-0.4, -0.2) is 10.1 Å². The summed E-state index contributed by atoms with van der Waals surface area (Å²) < 4.78 is 4.48. The lowest BCUT2D eigenvalue weighted by Gasteiger charge is -1.95. The Kier molecular flexibility index (Phi) is 1.80. The molecule has 0 amide bonds. The van der Waals surface area contributed by atoms with E-state index < -0.39 is 0 Å². The summed E-state index contributed by atoms with van der Waals surface area (Å²) in [5, 5.41) is 4.23. The van der Waals surface area contributed by atoms with Crippen molar-refractivity contribution in [3.05, 3.63) is 35.7 Å². The van der Waals surface area contributed by atoms with Crippen molar-refractivity contribution < 1.29 is 4.52 Å². The Morgan fingerprint density at radius 3 is 2.83 bits per heavy atom. The van der Waals surface area contributed by atoms with Crippen molar-refractivity contribution >= 4 is 11.6 Å². The van der Waals surface area contributed by atoms with E-state index in [1.54, 1.807) is 6.07 Å². The minimum atomic E-state index is 0.459. The van der Waals surface area contributed by atoms with E-state index in [1.165, 1.54) is 0 Å². The highest BCUT2D eigenvalue weighted by Gasteiger charge is 2.05. The Bertz CT molecular complexity index is 372. The maximum Gasteiger partial charge on any atom is 0.316 e. The molecule has 0 fully saturated rings. The Labute approximate surface area is 74.0 Å². The number of halogens is 1. The lowest BCUT2D eigenvalue weighted by atomic mass is 10.2. The first-order valence-electron chi connectivity index (χ1n) is 3.32. The summed E-state index contributed by atoms with van der Waals surface area (Å²) in [6, 6.07) is 7.29. The first-order valence-corrected chi connectivity index (χ1v) is 3.70. The van der Waals surface area contributed by atoms with Gasteiger partial charge in [-0.25, -0.2) is 0 Å². The van der Waals surface area contributed by atoms with Crippen LogP contribution in [0.3, 0.4) is 0 Å². The molecule has 0 spiro atoms. The average molecular weight is 180 g/mol. The van der Waals surface area contributed by atoms with E-state index in [0.29, 0.717) is 10.8 Å². The van der Waals surface area contributed by atoms with Gasteiger partial charge in [0.15, 0.2) is 0 Å². The van der Waals surface area contributed by atoms with E-state index in [0.717, 1.165) is 5.56 Å². The molecule has 59 valence electrons. The first kappa shape index (κ1) is 7.31. The predicted octanol–water partition coefficient (Wildman–Crippen LogP) is 2.19. The second-order valence-electron chi connectivity index (χ2n) is 2.19. The average Bonchev–Trinajstić information content (AvgIpc) is 2.57. The Hall–Kier alpha value is -1.35. The molecule has 2 aromatic rings. The van der Waals surface area contributed by atoms with Crippen LogP contribution in [0.1, 0.15) is 0 Å². The normalized spacial score (nSPS) is 10.1. The molecule has 0 aliphatic rings. The second-order valence-corrected chi connectivity index (χ2v) is 2.60. The van der Waals surface area contributed by atoms with Gasteiger partial charge in [0.05, 0.1) is 5.02 Å². The molecule has 3 nitrogen and oxygen atoms in total. The molecule has 1 radical (unpaired) electrons. The molecule has 1 aromatic heterocycles. The molecule has 4 heteroatoms. The third-order valence-corrected chi connectivity index (χ3v) is 1.77. The summed E-state index contributed by atoms with van der Waals surface area (Å²) >= 11 is 5.88. The van der Waals surface area contributed by atoms with Crippen LogP contribution in [0.25, 0.3) is 11.4 Å². The monoisotopic (exact) mass is 179 g/mol. The standard InChI is InChI=1S/C8H4ClN2O/c9-7-4-2-1-3-6(7)8-10-5-12-11-8/h1-4H. The molecule has 0 aliphatic heterocycles. The van der Waals surface area contributed by atoms with Crippen LogP contribution in [0.4, 0.5) is 0 Å². The molecule has 0 saturated heterocycles. The van der Waals surface area contributed by atoms with Crippen molar-refractivity contribution in [1.82, 2.24) is 10.1 Å². The molecule has 0 bridgehead atoms. The van der Waals surface area contributed by atoms with Gasteiger partial charge in [-0.15, -0.1) is 0 Å². The van der Waals surface area contributed by atoms with Crippen LogP contribution in [0.2, 0.25) is 5.02 Å². The van der Waals surface area contributed by atoms with Gasteiger partial charge in [-0.2, -0.15) is 4.98 Å². The van der Waals surface area contributed by atoms with Crippen molar-refractivity contribution in [3.8, 4) is 11.4 Å². The molecule has 1 aromatic carbocycles. The number of hydrogen-bond acceptors (Lipinski definition) is 3. The van der Waals surface area contributed by atoms with E-state index in [1.807, 2.05) is 18.2 Å². The lowest BCUT2D eigenvalue weighted by molar-refractivity contribution is 0.411. The van der Waals surface area contributed by atoms with E-state index >= 15 is 0 Å². The van der Waals surface area contributed by atoms with E-state index in [4.69, 9.17) is 11.6 Å². The summed E-state index contributed by atoms with van der Waals surface area (Å²) in [5.74, 6) is 0.459. The first-order chi connectivity index (χ1) is 5.88. The Morgan fingerprint density at radius 2 is 2.17 bits per heavy atom. The van der Waals surface area contributed by atoms with Crippen LogP contribution in [-0.2, 0) is 0 Å². The minimum absolute atomic E-state index is 0.459. The number of aromatic nitrogens is 2. The molecule has 0 atom stereocenters. The molecule has 0 saturated carbocycles. The van der Waals surface area contributed by atoms with Gasteiger partial charge in [-0.05, 0) is 12.1 Å².